The van der Waals surface area contributed by atoms with E-state index in [1.807, 2.05) is 26.8 Å². The van der Waals surface area contributed by atoms with Crippen LogP contribution in [0, 0.1) is 34.5 Å². The Labute approximate surface area is 183 Å². The van der Waals surface area contributed by atoms with E-state index < -0.39 is 29.5 Å². The molecule has 0 aromatic rings. The molecule has 0 aromatic heterocycles. The van der Waals surface area contributed by atoms with E-state index in [9.17, 15) is 22.8 Å². The molecule has 1 unspecified atom stereocenters. The van der Waals surface area contributed by atoms with Crippen LogP contribution in [0.25, 0.3) is 0 Å². The first-order valence-corrected chi connectivity index (χ1v) is 11.9. The van der Waals surface area contributed by atoms with Gasteiger partial charge in [0.25, 0.3) is 0 Å². The van der Waals surface area contributed by atoms with E-state index in [-0.39, 0.29) is 28.9 Å². The second-order valence-corrected chi connectivity index (χ2v) is 11.9. The van der Waals surface area contributed by atoms with Gasteiger partial charge in [-0.05, 0) is 100 Å². The van der Waals surface area contributed by atoms with E-state index in [1.165, 1.54) is 5.57 Å². The quantitative estimate of drug-likeness (QED) is 0.575. The van der Waals surface area contributed by atoms with E-state index in [0.717, 1.165) is 25.7 Å². The molecule has 0 heterocycles. The molecule has 4 rings (SSSR count). The Balaban J connectivity index is 1.68. The van der Waals surface area contributed by atoms with Crippen LogP contribution < -0.4 is 5.32 Å². The molecule has 0 aliphatic heterocycles. The zero-order valence-electron chi connectivity index (χ0n) is 19.2. The maximum Gasteiger partial charge on any atom is 0.389 e. The predicted octanol–water partition coefficient (Wildman–Crippen LogP) is 5.98. The lowest BCUT2D eigenvalue weighted by Crippen LogP contribution is -2.55. The maximum atomic E-state index is 13.9. The third-order valence-electron chi connectivity index (χ3n) is 9.02. The summed E-state index contributed by atoms with van der Waals surface area (Å²) in [4.78, 5) is 25.2. The van der Waals surface area contributed by atoms with Gasteiger partial charge in [0.05, 0.1) is 6.42 Å². The predicted molar refractivity (Wildman–Crippen MR) is 113 cm³/mol. The van der Waals surface area contributed by atoms with Gasteiger partial charge in [-0.1, -0.05) is 12.5 Å². The van der Waals surface area contributed by atoms with E-state index >= 15 is 0 Å². The Bertz CT molecular complexity index is 796. The van der Waals surface area contributed by atoms with Crippen molar-refractivity contribution in [3.05, 3.63) is 11.6 Å². The Hall–Kier alpha value is -1.33. The molecule has 1 amide bonds. The highest BCUT2D eigenvalue weighted by Crippen LogP contribution is 2.68. The topological polar surface area (TPSA) is 46.2 Å². The molecule has 6 heteroatoms. The van der Waals surface area contributed by atoms with E-state index in [2.05, 4.69) is 12.2 Å². The van der Waals surface area contributed by atoms with Crippen molar-refractivity contribution in [1.82, 2.24) is 5.32 Å². The number of carbonyl (C=O) groups is 2. The van der Waals surface area contributed by atoms with Crippen molar-refractivity contribution in [2.75, 3.05) is 0 Å². The lowest BCUT2D eigenvalue weighted by molar-refractivity contribution is -0.189. The van der Waals surface area contributed by atoms with Crippen molar-refractivity contribution in [2.45, 2.75) is 97.2 Å². The highest BCUT2D eigenvalue weighted by atomic mass is 19.4. The Morgan fingerprint density at radius 1 is 1.06 bits per heavy atom. The molecule has 0 radical (unpaired) electrons. The van der Waals surface area contributed by atoms with Crippen molar-refractivity contribution in [1.29, 1.82) is 0 Å². The maximum absolute atomic E-state index is 13.9. The summed E-state index contributed by atoms with van der Waals surface area (Å²) in [6.45, 7) is 7.87. The Morgan fingerprint density at radius 3 is 2.42 bits per heavy atom. The molecule has 3 nitrogen and oxygen atoms in total. The summed E-state index contributed by atoms with van der Waals surface area (Å²) in [5, 5.41) is 2.98. The van der Waals surface area contributed by atoms with Crippen molar-refractivity contribution < 1.29 is 22.8 Å². The Kier molecular flexibility index (Phi) is 5.41. The van der Waals surface area contributed by atoms with Gasteiger partial charge in [-0.25, -0.2) is 0 Å². The van der Waals surface area contributed by atoms with Crippen molar-refractivity contribution in [3.63, 3.8) is 0 Å². The molecular formula is C25H36F3NO2. The number of hydrogen-bond donors (Lipinski definition) is 1. The molecule has 3 saturated carbocycles. The lowest BCUT2D eigenvalue weighted by atomic mass is 9.46. The smallest absolute Gasteiger partial charge is 0.351 e. The van der Waals surface area contributed by atoms with Crippen LogP contribution in [0.5, 0.6) is 0 Å². The fourth-order valence-corrected chi connectivity index (χ4v) is 7.93. The fourth-order valence-electron chi connectivity index (χ4n) is 7.93. The third-order valence-corrected chi connectivity index (χ3v) is 9.02. The number of fused-ring (bicyclic) bond motifs is 5. The second kappa shape index (κ2) is 7.34. The molecule has 31 heavy (non-hydrogen) atoms. The van der Waals surface area contributed by atoms with E-state index in [1.54, 1.807) is 0 Å². The number of carbonyl (C=O) groups excluding carboxylic acids is 2. The van der Waals surface area contributed by atoms with Crippen LogP contribution >= 0.6 is 0 Å². The summed E-state index contributed by atoms with van der Waals surface area (Å²) in [5.41, 5.74) is -0.310. The minimum Gasteiger partial charge on any atom is -0.351 e. The fraction of sp³-hybridized carbons (Fsp3) is 0.840. The largest absolute Gasteiger partial charge is 0.389 e. The minimum atomic E-state index is -4.28. The second-order valence-electron chi connectivity index (χ2n) is 11.9. The molecule has 4 aliphatic carbocycles. The molecule has 0 spiro atoms. The summed E-state index contributed by atoms with van der Waals surface area (Å²) >= 11 is 0. The van der Waals surface area contributed by atoms with Gasteiger partial charge >= 0.3 is 6.18 Å². The SMILES string of the molecule is CC(C)(C)NC(=O)C1CC[C@H]2[C@@H]3CCC4=CC(=O)CC[C@]4(C)[C@H]3CC[C@]12CC(F)(F)F. The number of halogens is 3. The highest BCUT2D eigenvalue weighted by Gasteiger charge is 2.64. The van der Waals surface area contributed by atoms with E-state index in [0.29, 0.717) is 31.6 Å². The van der Waals surface area contributed by atoms with Crippen LogP contribution in [0.3, 0.4) is 0 Å². The van der Waals surface area contributed by atoms with Gasteiger partial charge in [0, 0.05) is 17.9 Å². The van der Waals surface area contributed by atoms with Gasteiger partial charge in [0.1, 0.15) is 0 Å². The van der Waals surface area contributed by atoms with Crippen molar-refractivity contribution in [2.24, 2.45) is 34.5 Å². The molecule has 0 bridgehead atoms. The van der Waals surface area contributed by atoms with Crippen LogP contribution in [0.1, 0.15) is 85.5 Å². The first-order chi connectivity index (χ1) is 14.3. The summed E-state index contributed by atoms with van der Waals surface area (Å²) in [6.07, 6.45) is 2.12. The van der Waals surface area contributed by atoms with Crippen LogP contribution in [0.4, 0.5) is 13.2 Å². The standard InChI is InChI=1S/C25H36F3NO2/c1-22(2,3)29-21(31)20-8-7-19-17-6-5-15-13-16(30)9-11-23(15,4)18(17)10-12-24(19,20)14-25(26,27)28/h13,17-20H,5-12,14H2,1-4H3,(H,29,31)/t17-,18+,19+,20?,23+,24-/m1/s1. The van der Waals surface area contributed by atoms with E-state index in [4.69, 9.17) is 0 Å². The van der Waals surface area contributed by atoms with Gasteiger partial charge in [-0.15, -0.1) is 0 Å². The van der Waals surface area contributed by atoms with Gasteiger partial charge in [-0.3, -0.25) is 9.59 Å². The molecule has 1 N–H and O–H groups in total. The molecule has 4 aliphatic rings. The van der Waals surface area contributed by atoms with Gasteiger partial charge < -0.3 is 5.32 Å². The molecule has 3 fully saturated rings. The first kappa shape index (κ1) is 22.8. The van der Waals surface area contributed by atoms with Crippen LogP contribution in [-0.2, 0) is 9.59 Å². The third kappa shape index (κ3) is 3.97. The number of ketones is 1. The van der Waals surface area contributed by atoms with Crippen molar-refractivity contribution in [3.8, 4) is 0 Å². The summed E-state index contributed by atoms with van der Waals surface area (Å²) < 4.78 is 41.6. The van der Waals surface area contributed by atoms with Gasteiger partial charge in [0.2, 0.25) is 5.91 Å². The van der Waals surface area contributed by atoms with Gasteiger partial charge in [0.15, 0.2) is 5.78 Å². The zero-order valence-corrected chi connectivity index (χ0v) is 19.2. The first-order valence-electron chi connectivity index (χ1n) is 11.9. The van der Waals surface area contributed by atoms with Crippen molar-refractivity contribution >= 4 is 11.7 Å². The summed E-state index contributed by atoms with van der Waals surface area (Å²) in [6, 6.07) is 0. The summed E-state index contributed by atoms with van der Waals surface area (Å²) in [5.74, 6) is -0.136. The van der Waals surface area contributed by atoms with Crippen LogP contribution in [0.15, 0.2) is 11.6 Å². The number of rotatable bonds is 2. The normalized spacial score (nSPS) is 40.5. The average Bonchev–Trinajstić information content (AvgIpc) is 2.98. The highest BCUT2D eigenvalue weighted by molar-refractivity contribution is 5.91. The zero-order chi connectivity index (χ0) is 22.8. The Morgan fingerprint density at radius 2 is 1.77 bits per heavy atom. The van der Waals surface area contributed by atoms with Crippen LogP contribution in [-0.4, -0.2) is 23.4 Å². The average molecular weight is 440 g/mol. The molecule has 0 saturated heterocycles. The number of amides is 1. The molecule has 174 valence electrons. The number of nitrogens with one attached hydrogen (secondary N) is 1. The number of hydrogen-bond acceptors (Lipinski definition) is 2. The number of allylic oxidation sites excluding steroid dienone is 1. The summed E-state index contributed by atoms with van der Waals surface area (Å²) in [7, 11) is 0. The lowest BCUT2D eigenvalue weighted by Gasteiger charge is -2.58. The van der Waals surface area contributed by atoms with Crippen LogP contribution in [0.2, 0.25) is 0 Å². The molecule has 6 atom stereocenters. The number of alkyl halides is 3. The monoisotopic (exact) mass is 439 g/mol. The minimum absolute atomic E-state index is 0.0698. The molecule has 0 aromatic carbocycles. The van der Waals surface area contributed by atoms with Gasteiger partial charge in [-0.2, -0.15) is 13.2 Å². The molecular weight excluding hydrogens is 403 g/mol.